The third-order valence-corrected chi connectivity index (χ3v) is 5.34. The predicted octanol–water partition coefficient (Wildman–Crippen LogP) is 3.97. The highest BCUT2D eigenvalue weighted by Gasteiger charge is 2.24. The van der Waals surface area contributed by atoms with Crippen molar-refractivity contribution in [1.82, 2.24) is 14.9 Å². The van der Waals surface area contributed by atoms with Gasteiger partial charge in [-0.3, -0.25) is 19.7 Å². The second-order valence-electron chi connectivity index (χ2n) is 7.22. The molecule has 2 aromatic heterocycles. The normalized spacial score (nSPS) is 17.4. The van der Waals surface area contributed by atoms with E-state index in [9.17, 15) is 4.79 Å². The van der Waals surface area contributed by atoms with Crippen LogP contribution in [-0.4, -0.2) is 27.3 Å². The minimum Gasteiger partial charge on any atom is -0.366 e. The van der Waals surface area contributed by atoms with Crippen molar-refractivity contribution >= 4 is 5.91 Å². The molecule has 0 saturated carbocycles. The number of likely N-dealkylation sites (tertiary alicyclic amines) is 1. The highest BCUT2D eigenvalue weighted by molar-refractivity contribution is 5.93. The lowest BCUT2D eigenvalue weighted by Gasteiger charge is -2.35. The molecule has 0 radical (unpaired) electrons. The number of pyridine rings is 2. The summed E-state index contributed by atoms with van der Waals surface area (Å²) in [4.78, 5) is 22.9. The number of hydrogen-bond donors (Lipinski definition) is 1. The summed E-state index contributed by atoms with van der Waals surface area (Å²) >= 11 is 0. The lowest BCUT2D eigenvalue weighted by molar-refractivity contribution is 0.100. The molecule has 3 aromatic rings. The first kappa shape index (κ1) is 18.3. The number of rotatable bonds is 5. The highest BCUT2D eigenvalue weighted by atomic mass is 16.1. The second-order valence-corrected chi connectivity index (χ2v) is 7.22. The number of hydrogen-bond acceptors (Lipinski definition) is 4. The third kappa shape index (κ3) is 4.10. The minimum atomic E-state index is -0.417. The quantitative estimate of drug-likeness (QED) is 0.735. The van der Waals surface area contributed by atoms with Crippen molar-refractivity contribution in [2.24, 2.45) is 5.73 Å². The van der Waals surface area contributed by atoms with Crippen LogP contribution in [0, 0.1) is 0 Å². The number of carbonyl (C=O) groups is 1. The van der Waals surface area contributed by atoms with E-state index in [0.717, 1.165) is 36.5 Å². The van der Waals surface area contributed by atoms with Crippen LogP contribution in [0.2, 0.25) is 0 Å². The Kier molecular flexibility index (Phi) is 5.44. The number of carbonyl (C=O) groups excluding carboxylic acids is 1. The fraction of sp³-hybridized carbons (Fsp3) is 0.261. The maximum absolute atomic E-state index is 11.2. The van der Waals surface area contributed by atoms with Crippen LogP contribution in [0.25, 0.3) is 11.3 Å². The molecule has 0 aliphatic carbocycles. The molecule has 1 atom stereocenters. The van der Waals surface area contributed by atoms with Gasteiger partial charge < -0.3 is 5.73 Å². The van der Waals surface area contributed by atoms with Gasteiger partial charge in [0, 0.05) is 36.1 Å². The van der Waals surface area contributed by atoms with E-state index in [1.54, 1.807) is 12.1 Å². The molecule has 1 amide bonds. The molecule has 1 saturated heterocycles. The molecule has 3 heterocycles. The van der Waals surface area contributed by atoms with Crippen LogP contribution in [0.15, 0.2) is 67.0 Å². The highest BCUT2D eigenvalue weighted by Crippen LogP contribution is 2.32. The number of primary amides is 1. The molecule has 5 nitrogen and oxygen atoms in total. The van der Waals surface area contributed by atoms with Crippen LogP contribution in [0.1, 0.15) is 46.9 Å². The van der Waals surface area contributed by atoms with Crippen molar-refractivity contribution in [2.45, 2.75) is 31.8 Å². The smallest absolute Gasteiger partial charge is 0.248 e. The summed E-state index contributed by atoms with van der Waals surface area (Å²) in [6.45, 7) is 1.94. The molecule has 0 unspecified atom stereocenters. The van der Waals surface area contributed by atoms with E-state index in [1.165, 1.54) is 18.4 Å². The lowest BCUT2D eigenvalue weighted by atomic mass is 9.95. The Hall–Kier alpha value is -3.05. The first-order chi connectivity index (χ1) is 13.7. The van der Waals surface area contributed by atoms with Gasteiger partial charge in [-0.2, -0.15) is 0 Å². The van der Waals surface area contributed by atoms with Gasteiger partial charge in [0.05, 0.1) is 11.4 Å². The molecule has 28 heavy (non-hydrogen) atoms. The van der Waals surface area contributed by atoms with Crippen LogP contribution in [0.3, 0.4) is 0 Å². The van der Waals surface area contributed by atoms with Crippen LogP contribution >= 0.6 is 0 Å². The zero-order chi connectivity index (χ0) is 19.3. The van der Waals surface area contributed by atoms with E-state index >= 15 is 0 Å². The van der Waals surface area contributed by atoms with Crippen LogP contribution in [-0.2, 0) is 6.54 Å². The number of piperidine rings is 1. The second kappa shape index (κ2) is 8.31. The van der Waals surface area contributed by atoms with E-state index in [-0.39, 0.29) is 0 Å². The van der Waals surface area contributed by atoms with E-state index in [1.807, 2.05) is 36.7 Å². The maximum Gasteiger partial charge on any atom is 0.248 e. The maximum atomic E-state index is 11.2. The van der Waals surface area contributed by atoms with Crippen molar-refractivity contribution < 1.29 is 4.79 Å². The van der Waals surface area contributed by atoms with Gasteiger partial charge in [0.25, 0.3) is 0 Å². The molecule has 5 heteroatoms. The van der Waals surface area contributed by atoms with Gasteiger partial charge in [0.1, 0.15) is 0 Å². The summed E-state index contributed by atoms with van der Waals surface area (Å²) < 4.78 is 0. The summed E-state index contributed by atoms with van der Waals surface area (Å²) in [5, 5.41) is 0. The molecule has 1 aliphatic heterocycles. The first-order valence-corrected chi connectivity index (χ1v) is 9.71. The lowest BCUT2D eigenvalue weighted by Crippen LogP contribution is -2.33. The third-order valence-electron chi connectivity index (χ3n) is 5.34. The summed E-state index contributed by atoms with van der Waals surface area (Å²) in [6, 6.07) is 17.9. The molecule has 2 N–H and O–H groups in total. The van der Waals surface area contributed by atoms with Crippen LogP contribution in [0.4, 0.5) is 0 Å². The van der Waals surface area contributed by atoms with Crippen molar-refractivity contribution in [1.29, 1.82) is 0 Å². The van der Waals surface area contributed by atoms with Crippen LogP contribution < -0.4 is 5.73 Å². The van der Waals surface area contributed by atoms with Crippen molar-refractivity contribution in [3.8, 4) is 11.3 Å². The Labute approximate surface area is 165 Å². The van der Waals surface area contributed by atoms with Gasteiger partial charge in [0.2, 0.25) is 5.91 Å². The standard InChI is InChI=1S/C23H24N4O/c24-23(28)18-9-7-17(8-10-18)21-12-11-19(15-26-21)22-6-2-4-14-27(22)16-20-5-1-3-13-25-20/h1,3,5,7-13,15,22H,2,4,6,14,16H2,(H2,24,28)/t22-/m1/s1. The number of amides is 1. The Morgan fingerprint density at radius 3 is 2.57 bits per heavy atom. The number of benzene rings is 1. The van der Waals surface area contributed by atoms with Gasteiger partial charge in [-0.1, -0.05) is 30.7 Å². The SMILES string of the molecule is NC(=O)c1ccc(-c2ccc([C@H]3CCCCN3Cc3ccccn3)cn2)cc1. The molecule has 0 spiro atoms. The average Bonchev–Trinajstić information content (AvgIpc) is 2.75. The minimum absolute atomic E-state index is 0.370. The van der Waals surface area contributed by atoms with E-state index in [4.69, 9.17) is 5.73 Å². The summed E-state index contributed by atoms with van der Waals surface area (Å²) in [7, 11) is 0. The largest absolute Gasteiger partial charge is 0.366 e. The Morgan fingerprint density at radius 1 is 1.04 bits per heavy atom. The van der Waals surface area contributed by atoms with E-state index in [2.05, 4.69) is 33.1 Å². The number of aromatic nitrogens is 2. The Morgan fingerprint density at radius 2 is 1.89 bits per heavy atom. The monoisotopic (exact) mass is 372 g/mol. The van der Waals surface area contributed by atoms with Crippen molar-refractivity contribution in [3.63, 3.8) is 0 Å². The fourth-order valence-electron chi connectivity index (χ4n) is 3.84. The van der Waals surface area contributed by atoms with E-state index < -0.39 is 5.91 Å². The topological polar surface area (TPSA) is 72.1 Å². The molecule has 0 bridgehead atoms. The van der Waals surface area contributed by atoms with Gasteiger partial charge in [-0.15, -0.1) is 0 Å². The Balaban J connectivity index is 1.52. The van der Waals surface area contributed by atoms with Gasteiger partial charge in [-0.25, -0.2) is 0 Å². The summed E-state index contributed by atoms with van der Waals surface area (Å²) in [5.41, 5.74) is 10.0. The number of nitrogens with zero attached hydrogens (tertiary/aromatic N) is 3. The molecule has 1 aromatic carbocycles. The zero-order valence-corrected chi connectivity index (χ0v) is 15.8. The molecule has 4 rings (SSSR count). The van der Waals surface area contributed by atoms with Crippen LogP contribution in [0.5, 0.6) is 0 Å². The fourth-order valence-corrected chi connectivity index (χ4v) is 3.84. The first-order valence-electron chi connectivity index (χ1n) is 9.71. The van der Waals surface area contributed by atoms with Gasteiger partial charge in [0.15, 0.2) is 0 Å². The van der Waals surface area contributed by atoms with Crippen molar-refractivity contribution in [2.75, 3.05) is 6.54 Å². The molecular weight excluding hydrogens is 348 g/mol. The summed E-state index contributed by atoms with van der Waals surface area (Å²) in [5.74, 6) is -0.417. The average molecular weight is 372 g/mol. The Bertz CT molecular complexity index is 923. The summed E-state index contributed by atoms with van der Waals surface area (Å²) in [6.07, 6.45) is 7.44. The number of nitrogens with two attached hydrogens (primary N) is 1. The molecule has 142 valence electrons. The zero-order valence-electron chi connectivity index (χ0n) is 15.8. The van der Waals surface area contributed by atoms with E-state index in [0.29, 0.717) is 11.6 Å². The van der Waals surface area contributed by atoms with Gasteiger partial charge in [-0.05, 0) is 55.3 Å². The van der Waals surface area contributed by atoms with Crippen molar-refractivity contribution in [3.05, 3.63) is 83.8 Å². The van der Waals surface area contributed by atoms with Gasteiger partial charge >= 0.3 is 0 Å². The molecular formula is C23H24N4O. The predicted molar refractivity (Wildman–Crippen MR) is 109 cm³/mol. The molecule has 1 fully saturated rings. The molecule has 1 aliphatic rings.